The number of nitriles is 1. The van der Waals surface area contributed by atoms with Crippen molar-refractivity contribution >= 4 is 17.9 Å². The normalized spacial score (nSPS) is 14.3. The van der Waals surface area contributed by atoms with Crippen molar-refractivity contribution in [2.24, 2.45) is 4.99 Å². The van der Waals surface area contributed by atoms with Crippen LogP contribution in [0.3, 0.4) is 0 Å². The van der Waals surface area contributed by atoms with Gasteiger partial charge in [-0.05, 0) is 35.9 Å². The highest BCUT2D eigenvalue weighted by molar-refractivity contribution is 6.13. The summed E-state index contributed by atoms with van der Waals surface area (Å²) in [5.41, 5.74) is 1.42. The molecule has 7 nitrogen and oxygen atoms in total. The number of hydrogen-bond acceptors (Lipinski definition) is 7. The monoisotopic (exact) mass is 364 g/mol. The molecular weight excluding hydrogens is 348 g/mol. The van der Waals surface area contributed by atoms with Crippen molar-refractivity contribution in [2.45, 2.75) is 0 Å². The van der Waals surface area contributed by atoms with E-state index >= 15 is 0 Å². The Labute approximate surface area is 156 Å². The number of ether oxygens (including phenoxy) is 4. The largest absolute Gasteiger partial charge is 0.496 e. The maximum atomic E-state index is 12.2. The van der Waals surface area contributed by atoms with Crippen LogP contribution in [0.5, 0.6) is 17.2 Å². The van der Waals surface area contributed by atoms with Gasteiger partial charge >= 0.3 is 5.97 Å². The molecular formula is C20H16N2O5. The van der Waals surface area contributed by atoms with E-state index in [-0.39, 0.29) is 18.2 Å². The fraction of sp³-hybridized carbons (Fsp3) is 0.150. The molecule has 1 heterocycles. The molecule has 0 atom stereocenters. The quantitative estimate of drug-likeness (QED) is 0.578. The number of carbonyl (C=O) groups excluding carboxylic acids is 1. The summed E-state index contributed by atoms with van der Waals surface area (Å²) in [5.74, 6) is 1.07. The Kier molecular flexibility index (Phi) is 5.38. The maximum absolute atomic E-state index is 12.2. The standard InChI is InChI=1S/C20H16N2O5/c1-24-16-6-4-3-5-14(16)19-22-15(20(23)27-19)11-13-7-8-17(26-10-9-21)18(12-13)25-2/h3-8,11-12H,10H2,1-2H3/b15-11+. The van der Waals surface area contributed by atoms with Gasteiger partial charge in [-0.15, -0.1) is 0 Å². The molecule has 0 N–H and O–H groups in total. The fourth-order valence-corrected chi connectivity index (χ4v) is 2.51. The number of esters is 1. The van der Waals surface area contributed by atoms with Crippen LogP contribution in [0.15, 0.2) is 53.2 Å². The number of methoxy groups -OCH3 is 2. The first kappa shape index (κ1) is 18.0. The third-order valence-corrected chi connectivity index (χ3v) is 3.74. The molecule has 2 aromatic rings. The Bertz CT molecular complexity index is 973. The number of aliphatic imine (C=N–C) groups is 1. The number of nitrogens with zero attached hydrogens (tertiary/aromatic N) is 2. The summed E-state index contributed by atoms with van der Waals surface area (Å²) in [7, 11) is 3.03. The molecule has 7 heteroatoms. The Balaban J connectivity index is 1.92. The van der Waals surface area contributed by atoms with Gasteiger partial charge in [0.15, 0.2) is 23.8 Å². The second-order valence-corrected chi connectivity index (χ2v) is 5.39. The lowest BCUT2D eigenvalue weighted by Crippen LogP contribution is -2.06. The van der Waals surface area contributed by atoms with Gasteiger partial charge in [0.25, 0.3) is 0 Å². The molecule has 0 aliphatic carbocycles. The van der Waals surface area contributed by atoms with Crippen molar-refractivity contribution in [1.82, 2.24) is 0 Å². The first-order valence-corrected chi connectivity index (χ1v) is 8.00. The van der Waals surface area contributed by atoms with E-state index in [0.717, 1.165) is 0 Å². The third kappa shape index (κ3) is 3.90. The van der Waals surface area contributed by atoms with E-state index in [2.05, 4.69) is 4.99 Å². The average molecular weight is 364 g/mol. The van der Waals surface area contributed by atoms with Crippen molar-refractivity contribution in [3.05, 3.63) is 59.3 Å². The lowest BCUT2D eigenvalue weighted by Gasteiger charge is -2.08. The zero-order valence-corrected chi connectivity index (χ0v) is 14.8. The highest BCUT2D eigenvalue weighted by Crippen LogP contribution is 2.30. The topological polar surface area (TPSA) is 90.1 Å². The van der Waals surface area contributed by atoms with Crippen molar-refractivity contribution in [1.29, 1.82) is 5.26 Å². The Morgan fingerprint density at radius 2 is 1.89 bits per heavy atom. The second kappa shape index (κ2) is 8.06. The first-order chi connectivity index (χ1) is 13.2. The number of benzene rings is 2. The molecule has 0 radical (unpaired) electrons. The second-order valence-electron chi connectivity index (χ2n) is 5.39. The summed E-state index contributed by atoms with van der Waals surface area (Å²) in [4.78, 5) is 16.5. The maximum Gasteiger partial charge on any atom is 0.363 e. The van der Waals surface area contributed by atoms with E-state index in [1.807, 2.05) is 12.1 Å². The molecule has 0 spiro atoms. The van der Waals surface area contributed by atoms with Crippen LogP contribution in [-0.4, -0.2) is 32.7 Å². The summed E-state index contributed by atoms with van der Waals surface area (Å²) < 4.78 is 21.1. The van der Waals surface area contributed by atoms with Crippen LogP contribution in [0, 0.1) is 11.3 Å². The molecule has 0 saturated carbocycles. The van der Waals surface area contributed by atoms with Crippen LogP contribution < -0.4 is 14.2 Å². The highest BCUT2D eigenvalue weighted by atomic mass is 16.6. The third-order valence-electron chi connectivity index (χ3n) is 3.74. The van der Waals surface area contributed by atoms with E-state index in [0.29, 0.717) is 28.4 Å². The van der Waals surface area contributed by atoms with E-state index in [1.54, 1.807) is 42.5 Å². The molecule has 0 unspecified atom stereocenters. The van der Waals surface area contributed by atoms with Crippen molar-refractivity contribution in [3.63, 3.8) is 0 Å². The molecule has 0 amide bonds. The summed E-state index contributed by atoms with van der Waals surface area (Å²) in [6.07, 6.45) is 1.58. The van der Waals surface area contributed by atoms with E-state index in [1.165, 1.54) is 14.2 Å². The average Bonchev–Trinajstić information content (AvgIpc) is 3.06. The zero-order chi connectivity index (χ0) is 19.2. The number of rotatable bonds is 6. The predicted octanol–water partition coefficient (Wildman–Crippen LogP) is 2.95. The van der Waals surface area contributed by atoms with E-state index < -0.39 is 5.97 Å². The first-order valence-electron chi connectivity index (χ1n) is 8.00. The summed E-state index contributed by atoms with van der Waals surface area (Å²) in [6, 6.07) is 14.1. The number of carbonyl (C=O) groups is 1. The minimum absolute atomic E-state index is 0.0876. The smallest absolute Gasteiger partial charge is 0.363 e. The van der Waals surface area contributed by atoms with Crippen molar-refractivity contribution < 1.29 is 23.7 Å². The minimum atomic E-state index is -0.556. The van der Waals surface area contributed by atoms with E-state index in [4.69, 9.17) is 24.2 Å². The molecule has 3 rings (SSSR count). The van der Waals surface area contributed by atoms with Crippen LogP contribution >= 0.6 is 0 Å². The summed E-state index contributed by atoms with van der Waals surface area (Å²) in [6.45, 7) is -0.0876. The van der Waals surface area contributed by atoms with Gasteiger partial charge in [-0.3, -0.25) is 0 Å². The molecule has 27 heavy (non-hydrogen) atoms. The van der Waals surface area contributed by atoms with E-state index in [9.17, 15) is 4.79 Å². The molecule has 0 fully saturated rings. The molecule has 2 aromatic carbocycles. The summed E-state index contributed by atoms with van der Waals surface area (Å²) >= 11 is 0. The molecule has 1 aliphatic rings. The number of cyclic esters (lactones) is 1. The number of hydrogen-bond donors (Lipinski definition) is 0. The van der Waals surface area contributed by atoms with Gasteiger partial charge in [-0.25, -0.2) is 9.79 Å². The fourth-order valence-electron chi connectivity index (χ4n) is 2.51. The minimum Gasteiger partial charge on any atom is -0.496 e. The summed E-state index contributed by atoms with van der Waals surface area (Å²) in [5, 5.41) is 8.62. The molecule has 0 saturated heterocycles. The van der Waals surface area contributed by atoms with Crippen molar-refractivity contribution in [3.8, 4) is 23.3 Å². The van der Waals surface area contributed by atoms with Crippen molar-refractivity contribution in [2.75, 3.05) is 20.8 Å². The highest BCUT2D eigenvalue weighted by Gasteiger charge is 2.26. The lowest BCUT2D eigenvalue weighted by molar-refractivity contribution is -0.129. The van der Waals surface area contributed by atoms with Gasteiger partial charge in [-0.1, -0.05) is 18.2 Å². The number of para-hydroxylation sites is 1. The van der Waals surface area contributed by atoms with Crippen LogP contribution in [0.4, 0.5) is 0 Å². The van der Waals surface area contributed by atoms with Crippen LogP contribution in [0.25, 0.3) is 6.08 Å². The van der Waals surface area contributed by atoms with Gasteiger partial charge in [0.05, 0.1) is 19.8 Å². The van der Waals surface area contributed by atoms with Gasteiger partial charge in [0.1, 0.15) is 11.8 Å². The van der Waals surface area contributed by atoms with Gasteiger partial charge in [-0.2, -0.15) is 5.26 Å². The Morgan fingerprint density at radius 3 is 2.63 bits per heavy atom. The van der Waals surface area contributed by atoms with Crippen LogP contribution in [0.1, 0.15) is 11.1 Å². The Hall–Kier alpha value is -3.79. The Morgan fingerprint density at radius 1 is 1.11 bits per heavy atom. The SMILES string of the molecule is COc1cc(/C=C2/N=C(c3ccccc3OC)OC2=O)ccc1OCC#N. The van der Waals surface area contributed by atoms with Gasteiger partial charge in [0, 0.05) is 0 Å². The van der Waals surface area contributed by atoms with Gasteiger partial charge < -0.3 is 18.9 Å². The molecule has 1 aliphatic heterocycles. The van der Waals surface area contributed by atoms with Gasteiger partial charge in [0.2, 0.25) is 5.90 Å². The molecule has 0 aromatic heterocycles. The predicted molar refractivity (Wildman–Crippen MR) is 97.7 cm³/mol. The zero-order valence-electron chi connectivity index (χ0n) is 14.8. The van der Waals surface area contributed by atoms with Crippen LogP contribution in [-0.2, 0) is 9.53 Å². The lowest BCUT2D eigenvalue weighted by atomic mass is 10.1. The molecule has 136 valence electrons. The van der Waals surface area contributed by atoms with Crippen LogP contribution in [0.2, 0.25) is 0 Å². The molecule has 0 bridgehead atoms.